The smallest absolute Gasteiger partial charge is 0.194 e. The number of rotatable bonds is 6. The molecule has 6 nitrogen and oxygen atoms in total. The summed E-state index contributed by atoms with van der Waals surface area (Å²) in [5, 5.41) is 3.43. The Morgan fingerprint density at radius 2 is 1.93 bits per heavy atom. The maximum Gasteiger partial charge on any atom is 0.194 e. The summed E-state index contributed by atoms with van der Waals surface area (Å²) >= 11 is 0. The summed E-state index contributed by atoms with van der Waals surface area (Å²) in [6.45, 7) is 8.04. The van der Waals surface area contributed by atoms with Gasteiger partial charge in [-0.1, -0.05) is 30.3 Å². The summed E-state index contributed by atoms with van der Waals surface area (Å²) in [4.78, 5) is 14.0. The average Bonchev–Trinajstić information content (AvgIpc) is 2.72. The zero-order chi connectivity index (χ0) is 18.9. The lowest BCUT2D eigenvalue weighted by Crippen LogP contribution is -2.52. The van der Waals surface area contributed by atoms with Gasteiger partial charge >= 0.3 is 0 Å². The van der Waals surface area contributed by atoms with Crippen molar-refractivity contribution < 1.29 is 4.74 Å². The fourth-order valence-corrected chi connectivity index (χ4v) is 3.26. The third-order valence-electron chi connectivity index (χ3n) is 4.60. The SMILES string of the molecule is CCNC(=NCc1cccc(COC)c1)N1CCN(c2ccccn2)CC1. The molecular formula is C21H29N5O. The Balaban J connectivity index is 1.62. The van der Waals surface area contributed by atoms with Gasteiger partial charge in [-0.05, 0) is 30.2 Å². The third kappa shape index (κ3) is 5.44. The summed E-state index contributed by atoms with van der Waals surface area (Å²) in [6.07, 6.45) is 1.85. The molecule has 0 unspecified atom stereocenters. The lowest BCUT2D eigenvalue weighted by Gasteiger charge is -2.37. The van der Waals surface area contributed by atoms with Gasteiger partial charge in [0, 0.05) is 46.0 Å². The largest absolute Gasteiger partial charge is 0.380 e. The number of aliphatic imine (C=N–C) groups is 1. The molecule has 2 heterocycles. The van der Waals surface area contributed by atoms with Crippen LogP contribution in [0, 0.1) is 0 Å². The Morgan fingerprint density at radius 3 is 2.63 bits per heavy atom. The molecule has 1 aliphatic heterocycles. The Morgan fingerprint density at radius 1 is 1.11 bits per heavy atom. The maximum absolute atomic E-state index is 5.22. The van der Waals surface area contributed by atoms with E-state index in [1.807, 2.05) is 18.3 Å². The Kier molecular flexibility index (Phi) is 7.04. The van der Waals surface area contributed by atoms with E-state index in [1.165, 1.54) is 11.1 Å². The van der Waals surface area contributed by atoms with Crippen LogP contribution in [0.4, 0.5) is 5.82 Å². The highest BCUT2D eigenvalue weighted by Gasteiger charge is 2.20. The van der Waals surface area contributed by atoms with Crippen LogP contribution in [0.1, 0.15) is 18.1 Å². The zero-order valence-corrected chi connectivity index (χ0v) is 16.3. The molecule has 144 valence electrons. The number of hydrogen-bond acceptors (Lipinski definition) is 4. The lowest BCUT2D eigenvalue weighted by molar-refractivity contribution is 0.185. The molecule has 6 heteroatoms. The molecule has 0 spiro atoms. The van der Waals surface area contributed by atoms with Crippen molar-refractivity contribution in [2.75, 3.05) is 44.7 Å². The first-order chi connectivity index (χ1) is 13.3. The van der Waals surface area contributed by atoms with E-state index in [-0.39, 0.29) is 0 Å². The number of benzene rings is 1. The number of methoxy groups -OCH3 is 1. The number of guanidine groups is 1. The number of nitrogens with one attached hydrogen (secondary N) is 1. The number of ether oxygens (including phenoxy) is 1. The van der Waals surface area contributed by atoms with E-state index in [1.54, 1.807) is 7.11 Å². The molecule has 0 atom stereocenters. The number of pyridine rings is 1. The molecule has 0 aliphatic carbocycles. The van der Waals surface area contributed by atoms with Crippen molar-refractivity contribution in [2.45, 2.75) is 20.1 Å². The Labute approximate surface area is 161 Å². The molecule has 3 rings (SSSR count). The van der Waals surface area contributed by atoms with Gasteiger partial charge in [0.1, 0.15) is 5.82 Å². The molecular weight excluding hydrogens is 338 g/mol. The molecule has 1 N–H and O–H groups in total. The maximum atomic E-state index is 5.22. The number of aromatic nitrogens is 1. The van der Waals surface area contributed by atoms with Gasteiger partial charge in [-0.25, -0.2) is 9.98 Å². The van der Waals surface area contributed by atoms with Gasteiger partial charge in [-0.3, -0.25) is 0 Å². The van der Waals surface area contributed by atoms with E-state index in [9.17, 15) is 0 Å². The number of hydrogen-bond donors (Lipinski definition) is 1. The zero-order valence-electron chi connectivity index (χ0n) is 16.3. The van der Waals surface area contributed by atoms with Crippen LogP contribution in [0.5, 0.6) is 0 Å². The second kappa shape index (κ2) is 9.92. The lowest BCUT2D eigenvalue weighted by atomic mass is 10.1. The van der Waals surface area contributed by atoms with Crippen LogP contribution in [-0.2, 0) is 17.9 Å². The van der Waals surface area contributed by atoms with Crippen molar-refractivity contribution in [1.82, 2.24) is 15.2 Å². The van der Waals surface area contributed by atoms with Crippen molar-refractivity contribution in [3.8, 4) is 0 Å². The molecule has 0 saturated carbocycles. The highest BCUT2D eigenvalue weighted by Crippen LogP contribution is 2.13. The van der Waals surface area contributed by atoms with Crippen molar-refractivity contribution in [1.29, 1.82) is 0 Å². The predicted molar refractivity (Wildman–Crippen MR) is 110 cm³/mol. The van der Waals surface area contributed by atoms with Gasteiger partial charge in [0.05, 0.1) is 13.2 Å². The second-order valence-electron chi connectivity index (χ2n) is 6.59. The average molecular weight is 367 g/mol. The highest BCUT2D eigenvalue weighted by molar-refractivity contribution is 5.80. The van der Waals surface area contributed by atoms with E-state index < -0.39 is 0 Å². The first-order valence-electron chi connectivity index (χ1n) is 9.56. The predicted octanol–water partition coefficient (Wildman–Crippen LogP) is 2.52. The molecule has 1 aliphatic rings. The van der Waals surface area contributed by atoms with Crippen molar-refractivity contribution >= 4 is 11.8 Å². The van der Waals surface area contributed by atoms with Crippen molar-refractivity contribution in [3.63, 3.8) is 0 Å². The van der Waals surface area contributed by atoms with Gasteiger partial charge in [0.25, 0.3) is 0 Å². The second-order valence-corrected chi connectivity index (χ2v) is 6.59. The minimum Gasteiger partial charge on any atom is -0.380 e. The minimum atomic E-state index is 0.632. The molecule has 1 saturated heterocycles. The summed E-state index contributed by atoms with van der Waals surface area (Å²) in [5.41, 5.74) is 2.38. The fourth-order valence-electron chi connectivity index (χ4n) is 3.26. The van der Waals surface area contributed by atoms with Gasteiger partial charge in [-0.15, -0.1) is 0 Å². The van der Waals surface area contributed by atoms with Crippen molar-refractivity contribution in [3.05, 3.63) is 59.8 Å². The highest BCUT2D eigenvalue weighted by atomic mass is 16.5. The van der Waals surface area contributed by atoms with Crippen LogP contribution in [0.15, 0.2) is 53.7 Å². The molecule has 0 radical (unpaired) electrons. The van der Waals surface area contributed by atoms with Crippen LogP contribution in [0.3, 0.4) is 0 Å². The van der Waals surface area contributed by atoms with Crippen LogP contribution in [0.25, 0.3) is 0 Å². The first kappa shape index (κ1) is 19.2. The first-order valence-corrected chi connectivity index (χ1v) is 9.56. The molecule has 0 amide bonds. The topological polar surface area (TPSA) is 53.0 Å². The molecule has 1 aromatic carbocycles. The van der Waals surface area contributed by atoms with Gasteiger partial charge in [0.15, 0.2) is 5.96 Å². The number of piperazine rings is 1. The van der Waals surface area contributed by atoms with E-state index in [4.69, 9.17) is 9.73 Å². The summed E-state index contributed by atoms with van der Waals surface area (Å²) in [6, 6.07) is 14.5. The fraction of sp³-hybridized carbons (Fsp3) is 0.429. The van der Waals surface area contributed by atoms with E-state index in [0.29, 0.717) is 13.2 Å². The molecule has 27 heavy (non-hydrogen) atoms. The minimum absolute atomic E-state index is 0.632. The normalized spacial score (nSPS) is 15.1. The summed E-state index contributed by atoms with van der Waals surface area (Å²) in [7, 11) is 1.72. The van der Waals surface area contributed by atoms with Crippen LogP contribution in [0.2, 0.25) is 0 Å². The standard InChI is InChI=1S/C21H29N5O/c1-3-22-21(24-16-18-7-6-8-19(15-18)17-27-2)26-13-11-25(12-14-26)20-9-4-5-10-23-20/h4-10,15H,3,11-14,16-17H2,1-2H3,(H,22,24). The number of nitrogens with zero attached hydrogens (tertiary/aromatic N) is 4. The monoisotopic (exact) mass is 367 g/mol. The molecule has 0 bridgehead atoms. The van der Waals surface area contributed by atoms with E-state index in [2.05, 4.69) is 57.4 Å². The molecule has 1 fully saturated rings. The summed E-state index contributed by atoms with van der Waals surface area (Å²) in [5.74, 6) is 2.03. The van der Waals surface area contributed by atoms with E-state index >= 15 is 0 Å². The van der Waals surface area contributed by atoms with E-state index in [0.717, 1.165) is 44.5 Å². The van der Waals surface area contributed by atoms with Gasteiger partial charge in [0.2, 0.25) is 0 Å². The Bertz CT molecular complexity index is 726. The Hall–Kier alpha value is -2.60. The van der Waals surface area contributed by atoms with Crippen molar-refractivity contribution in [2.24, 2.45) is 4.99 Å². The van der Waals surface area contributed by atoms with Crippen LogP contribution < -0.4 is 10.2 Å². The van der Waals surface area contributed by atoms with Gasteiger partial charge < -0.3 is 19.9 Å². The third-order valence-corrected chi connectivity index (χ3v) is 4.60. The molecule has 2 aromatic rings. The quantitative estimate of drug-likeness (QED) is 0.628. The van der Waals surface area contributed by atoms with Gasteiger partial charge in [-0.2, -0.15) is 0 Å². The number of anilines is 1. The van der Waals surface area contributed by atoms with Crippen LogP contribution in [-0.4, -0.2) is 55.7 Å². The van der Waals surface area contributed by atoms with Crippen LogP contribution >= 0.6 is 0 Å². The summed E-state index contributed by atoms with van der Waals surface area (Å²) < 4.78 is 5.22. The molecule has 1 aromatic heterocycles.